The van der Waals surface area contributed by atoms with Gasteiger partial charge < -0.3 is 0 Å². The molecule has 0 unspecified atom stereocenters. The van der Waals surface area contributed by atoms with Crippen molar-refractivity contribution in [2.75, 3.05) is 0 Å². The Morgan fingerprint density at radius 3 is 3.36 bits per heavy atom. The molecule has 0 aliphatic heterocycles. The molecule has 2 aromatic heterocycles. The first-order valence-electron chi connectivity index (χ1n) is 2.91. The van der Waals surface area contributed by atoms with Gasteiger partial charge in [0.1, 0.15) is 0 Å². The third-order valence-electron chi connectivity index (χ3n) is 1.31. The first-order chi connectivity index (χ1) is 5.27. The Balaban J connectivity index is 2.99. The molecule has 5 heteroatoms. The van der Waals surface area contributed by atoms with E-state index in [2.05, 4.69) is 16.3 Å². The molecule has 1 N–H and O–H groups in total. The van der Waals surface area contributed by atoms with Gasteiger partial charge in [0.25, 0.3) is 0 Å². The van der Waals surface area contributed by atoms with Crippen LogP contribution in [0.1, 0.15) is 0 Å². The van der Waals surface area contributed by atoms with Crippen LogP contribution in [-0.4, -0.2) is 14.6 Å². The van der Waals surface area contributed by atoms with Crippen LogP contribution in [0.25, 0.3) is 5.65 Å². The van der Waals surface area contributed by atoms with Crippen LogP contribution in [0.5, 0.6) is 0 Å². The van der Waals surface area contributed by atoms with Crippen molar-refractivity contribution in [2.24, 2.45) is 0 Å². The molecule has 0 aromatic carbocycles. The predicted octanol–water partition coefficient (Wildman–Crippen LogP) is 0.476. The van der Waals surface area contributed by atoms with Crippen LogP contribution in [0.15, 0.2) is 17.1 Å². The predicted molar refractivity (Wildman–Crippen MR) is 39.7 cm³/mol. The molecule has 0 saturated heterocycles. The lowest BCUT2D eigenvalue weighted by molar-refractivity contribution is 1.02. The van der Waals surface area contributed by atoms with E-state index in [-0.39, 0.29) is 5.69 Å². The van der Waals surface area contributed by atoms with Gasteiger partial charge >= 0.3 is 5.69 Å². The van der Waals surface area contributed by atoms with Crippen molar-refractivity contribution >= 4 is 17.2 Å². The summed E-state index contributed by atoms with van der Waals surface area (Å²) >= 11 is 5.59. The van der Waals surface area contributed by atoms with E-state index in [1.165, 1.54) is 10.6 Å². The zero-order valence-electron chi connectivity index (χ0n) is 5.34. The topological polar surface area (TPSA) is 50.2 Å². The van der Waals surface area contributed by atoms with Gasteiger partial charge in [-0.2, -0.15) is 5.10 Å². The van der Waals surface area contributed by atoms with E-state index in [1.807, 2.05) is 0 Å². The minimum absolute atomic E-state index is 0.295. The quantitative estimate of drug-likeness (QED) is 0.622. The Morgan fingerprint density at radius 2 is 2.55 bits per heavy atom. The summed E-state index contributed by atoms with van der Waals surface area (Å²) in [5.74, 6) is 0. The van der Waals surface area contributed by atoms with Crippen LogP contribution < -0.4 is 5.69 Å². The van der Waals surface area contributed by atoms with E-state index in [0.29, 0.717) is 10.7 Å². The third kappa shape index (κ3) is 0.914. The summed E-state index contributed by atoms with van der Waals surface area (Å²) in [6.45, 7) is 0. The van der Waals surface area contributed by atoms with Crippen molar-refractivity contribution in [1.82, 2.24) is 14.6 Å². The second-order valence-corrected chi connectivity index (χ2v) is 2.43. The highest BCUT2D eigenvalue weighted by Crippen LogP contribution is 2.05. The lowest BCUT2D eigenvalue weighted by atomic mass is 10.5. The number of halogens is 1. The maximum Gasteiger partial charge on any atom is 0.347 e. The number of rotatable bonds is 0. The standard InChI is InChI=1S/C6H3ClN3O/c7-4-1-2-5-8-9-6(11)10(5)3-4/h2-3H,(H,9,11). The van der Waals surface area contributed by atoms with Gasteiger partial charge in [-0.25, -0.2) is 14.3 Å². The number of nitrogens with zero attached hydrogens (tertiary/aromatic N) is 2. The molecule has 11 heavy (non-hydrogen) atoms. The van der Waals surface area contributed by atoms with E-state index < -0.39 is 0 Å². The van der Waals surface area contributed by atoms with E-state index in [4.69, 9.17) is 11.6 Å². The molecule has 0 aliphatic carbocycles. The fraction of sp³-hybridized carbons (Fsp3) is 0. The van der Waals surface area contributed by atoms with Gasteiger partial charge in [-0.3, -0.25) is 0 Å². The molecule has 2 heterocycles. The number of H-pyrrole nitrogens is 1. The van der Waals surface area contributed by atoms with Gasteiger partial charge in [0.15, 0.2) is 5.65 Å². The highest BCUT2D eigenvalue weighted by molar-refractivity contribution is 6.30. The molecular weight excluding hydrogens is 166 g/mol. The normalized spacial score (nSPS) is 10.6. The van der Waals surface area contributed by atoms with Gasteiger partial charge in [0.2, 0.25) is 0 Å². The largest absolute Gasteiger partial charge is 0.347 e. The minimum Gasteiger partial charge on any atom is -0.249 e. The van der Waals surface area contributed by atoms with Crippen LogP contribution in [0.3, 0.4) is 0 Å². The van der Waals surface area contributed by atoms with Crippen LogP contribution in [0, 0.1) is 6.07 Å². The Kier molecular flexibility index (Phi) is 1.22. The van der Waals surface area contributed by atoms with Gasteiger partial charge in [-0.15, -0.1) is 0 Å². The number of fused-ring (bicyclic) bond motifs is 1. The summed E-state index contributed by atoms with van der Waals surface area (Å²) < 4.78 is 1.32. The summed E-state index contributed by atoms with van der Waals surface area (Å²) in [7, 11) is 0. The zero-order chi connectivity index (χ0) is 7.84. The summed E-state index contributed by atoms with van der Waals surface area (Å²) in [6.07, 6.45) is 1.46. The molecule has 0 spiro atoms. The molecular formula is C6H3ClN3O. The molecule has 2 rings (SSSR count). The van der Waals surface area contributed by atoms with Crippen molar-refractivity contribution in [3.8, 4) is 0 Å². The molecule has 0 amide bonds. The number of nitrogens with one attached hydrogen (secondary N) is 1. The second-order valence-electron chi connectivity index (χ2n) is 2.02. The molecule has 0 atom stereocenters. The Labute approximate surface area is 66.4 Å². The van der Waals surface area contributed by atoms with Crippen molar-refractivity contribution in [1.29, 1.82) is 0 Å². The molecule has 0 bridgehead atoms. The van der Waals surface area contributed by atoms with Gasteiger partial charge in [0.05, 0.1) is 5.02 Å². The van der Waals surface area contributed by atoms with E-state index in [1.54, 1.807) is 6.07 Å². The average Bonchev–Trinajstić information content (AvgIpc) is 2.33. The van der Waals surface area contributed by atoms with Crippen molar-refractivity contribution in [3.05, 3.63) is 33.8 Å². The molecule has 2 aromatic rings. The SMILES string of the molecule is O=c1[nH]nc2c[c]c(Cl)cn12. The van der Waals surface area contributed by atoms with E-state index in [9.17, 15) is 4.79 Å². The first kappa shape index (κ1) is 6.42. The lowest BCUT2D eigenvalue weighted by Crippen LogP contribution is -2.08. The van der Waals surface area contributed by atoms with E-state index in [0.717, 1.165) is 0 Å². The lowest BCUT2D eigenvalue weighted by Gasteiger charge is -1.88. The first-order valence-corrected chi connectivity index (χ1v) is 3.29. The summed E-state index contributed by atoms with van der Waals surface area (Å²) in [5, 5.41) is 6.37. The van der Waals surface area contributed by atoms with Gasteiger partial charge in [0, 0.05) is 12.3 Å². The average molecular weight is 169 g/mol. The molecule has 0 fully saturated rings. The summed E-state index contributed by atoms with van der Waals surface area (Å²) in [5.41, 5.74) is 0.218. The van der Waals surface area contributed by atoms with E-state index >= 15 is 0 Å². The molecule has 1 radical (unpaired) electrons. The van der Waals surface area contributed by atoms with Gasteiger partial charge in [-0.05, 0) is 6.07 Å². The maximum atomic E-state index is 10.9. The monoisotopic (exact) mass is 168 g/mol. The second kappa shape index (κ2) is 2.10. The molecule has 0 aliphatic rings. The van der Waals surface area contributed by atoms with Crippen molar-refractivity contribution in [3.63, 3.8) is 0 Å². The van der Waals surface area contributed by atoms with Crippen LogP contribution >= 0.6 is 11.6 Å². The fourth-order valence-electron chi connectivity index (χ4n) is 0.828. The number of aromatic nitrogens is 3. The molecule has 4 nitrogen and oxygen atoms in total. The highest BCUT2D eigenvalue weighted by Gasteiger charge is 1.98. The molecule has 0 saturated carbocycles. The Morgan fingerprint density at radius 1 is 1.73 bits per heavy atom. The fourth-order valence-corrected chi connectivity index (χ4v) is 0.980. The maximum absolute atomic E-state index is 10.9. The summed E-state index contributed by atoms with van der Waals surface area (Å²) in [6, 6.07) is 4.25. The number of hydrogen-bond donors (Lipinski definition) is 1. The number of pyridine rings is 1. The Hall–Kier alpha value is -1.29. The number of hydrogen-bond acceptors (Lipinski definition) is 2. The smallest absolute Gasteiger partial charge is 0.249 e. The van der Waals surface area contributed by atoms with Crippen LogP contribution in [-0.2, 0) is 0 Å². The van der Waals surface area contributed by atoms with Crippen LogP contribution in [0.4, 0.5) is 0 Å². The number of aromatic amines is 1. The molecule has 55 valence electrons. The minimum atomic E-state index is -0.295. The van der Waals surface area contributed by atoms with Gasteiger partial charge in [-0.1, -0.05) is 11.6 Å². The zero-order valence-corrected chi connectivity index (χ0v) is 6.09. The third-order valence-corrected chi connectivity index (χ3v) is 1.52. The summed E-state index contributed by atoms with van der Waals surface area (Å²) in [4.78, 5) is 10.9. The highest BCUT2D eigenvalue weighted by atomic mass is 35.5. The Bertz CT molecular complexity index is 444. The van der Waals surface area contributed by atoms with Crippen molar-refractivity contribution < 1.29 is 0 Å². The van der Waals surface area contributed by atoms with Crippen molar-refractivity contribution in [2.45, 2.75) is 0 Å². The van der Waals surface area contributed by atoms with Crippen LogP contribution in [0.2, 0.25) is 5.02 Å².